The van der Waals surface area contributed by atoms with Crippen molar-refractivity contribution >= 4 is 10.0 Å². The summed E-state index contributed by atoms with van der Waals surface area (Å²) in [5.41, 5.74) is 1.76. The van der Waals surface area contributed by atoms with Gasteiger partial charge in [-0.3, -0.25) is 4.57 Å². The van der Waals surface area contributed by atoms with E-state index in [0.29, 0.717) is 31.6 Å². The summed E-state index contributed by atoms with van der Waals surface area (Å²) in [7, 11) is -3.62. The van der Waals surface area contributed by atoms with Gasteiger partial charge in [0.05, 0.1) is 4.90 Å². The standard InChI is InChI=1S/C19H20N4O3S/c24-19-21-20-18-11-8-16(12-13-23(18)19)22-27(25,26)17-9-6-15(7-10-17)14-4-2-1-3-5-14/h1-7,9-10,16,22H,8,11-13H2,(H,21,24). The lowest BCUT2D eigenvalue weighted by Gasteiger charge is -2.16. The molecule has 27 heavy (non-hydrogen) atoms. The van der Waals surface area contributed by atoms with E-state index in [1.165, 1.54) is 0 Å². The highest BCUT2D eigenvalue weighted by Crippen LogP contribution is 2.22. The molecule has 1 aromatic heterocycles. The average molecular weight is 384 g/mol. The zero-order valence-electron chi connectivity index (χ0n) is 14.6. The van der Waals surface area contributed by atoms with E-state index in [9.17, 15) is 13.2 Å². The van der Waals surface area contributed by atoms with E-state index in [2.05, 4.69) is 14.9 Å². The van der Waals surface area contributed by atoms with Crippen LogP contribution in [0.2, 0.25) is 0 Å². The number of aromatic nitrogens is 3. The Hall–Kier alpha value is -2.71. The topological polar surface area (TPSA) is 96.8 Å². The summed E-state index contributed by atoms with van der Waals surface area (Å²) in [6, 6.07) is 16.4. The molecule has 1 aliphatic rings. The fourth-order valence-electron chi connectivity index (χ4n) is 3.37. The zero-order valence-corrected chi connectivity index (χ0v) is 15.4. The third kappa shape index (κ3) is 3.72. The highest BCUT2D eigenvalue weighted by Gasteiger charge is 2.24. The van der Waals surface area contributed by atoms with Crippen LogP contribution in [0.1, 0.15) is 18.7 Å². The number of H-pyrrole nitrogens is 1. The van der Waals surface area contributed by atoms with Gasteiger partial charge in [0.2, 0.25) is 10.0 Å². The van der Waals surface area contributed by atoms with Gasteiger partial charge in [0.15, 0.2) is 0 Å². The lowest BCUT2D eigenvalue weighted by molar-refractivity contribution is 0.493. The molecule has 0 amide bonds. The molecule has 7 nitrogen and oxygen atoms in total. The van der Waals surface area contributed by atoms with E-state index < -0.39 is 10.0 Å². The molecule has 2 heterocycles. The van der Waals surface area contributed by atoms with Gasteiger partial charge in [-0.25, -0.2) is 23.0 Å². The van der Waals surface area contributed by atoms with Crippen molar-refractivity contribution in [3.63, 3.8) is 0 Å². The number of benzene rings is 2. The molecule has 4 rings (SSSR count). The summed E-state index contributed by atoms with van der Waals surface area (Å²) in [6.07, 6.45) is 1.71. The molecule has 1 unspecified atom stereocenters. The van der Waals surface area contributed by atoms with Gasteiger partial charge in [-0.15, -0.1) is 0 Å². The molecule has 0 fully saturated rings. The first kappa shape index (κ1) is 17.7. The lowest BCUT2D eigenvalue weighted by Crippen LogP contribution is -2.35. The number of nitrogens with zero attached hydrogens (tertiary/aromatic N) is 2. The number of nitrogens with one attached hydrogen (secondary N) is 2. The normalized spacial score (nSPS) is 17.3. The van der Waals surface area contributed by atoms with Gasteiger partial charge in [0.25, 0.3) is 0 Å². The van der Waals surface area contributed by atoms with Gasteiger partial charge in [-0.05, 0) is 36.1 Å². The largest absolute Gasteiger partial charge is 0.343 e. The van der Waals surface area contributed by atoms with E-state index in [1.54, 1.807) is 16.7 Å². The Balaban J connectivity index is 1.48. The molecule has 3 aromatic rings. The molecule has 0 spiro atoms. The predicted octanol–water partition coefficient (Wildman–Crippen LogP) is 1.92. The van der Waals surface area contributed by atoms with Crippen molar-refractivity contribution in [2.45, 2.75) is 36.7 Å². The Labute approximate surface area is 157 Å². The molecule has 0 aliphatic carbocycles. The molecule has 8 heteroatoms. The molecule has 0 saturated carbocycles. The molecule has 140 valence electrons. The second-order valence-corrected chi connectivity index (χ2v) is 8.35. The Morgan fingerprint density at radius 2 is 1.70 bits per heavy atom. The van der Waals surface area contributed by atoms with Crippen LogP contribution in [0.5, 0.6) is 0 Å². The summed E-state index contributed by atoms with van der Waals surface area (Å²) in [6.45, 7) is 0.449. The van der Waals surface area contributed by atoms with Crippen LogP contribution in [0.15, 0.2) is 64.3 Å². The van der Waals surface area contributed by atoms with Gasteiger partial charge < -0.3 is 0 Å². The highest BCUT2D eigenvalue weighted by molar-refractivity contribution is 7.89. The number of hydrogen-bond acceptors (Lipinski definition) is 4. The quantitative estimate of drug-likeness (QED) is 0.718. The van der Waals surface area contributed by atoms with Crippen molar-refractivity contribution in [2.75, 3.05) is 0 Å². The SMILES string of the molecule is O=c1[nH]nc2n1CCC(NS(=O)(=O)c1ccc(-c3ccccc3)cc1)CC2. The van der Waals surface area contributed by atoms with Crippen LogP contribution in [0.3, 0.4) is 0 Å². The summed E-state index contributed by atoms with van der Waals surface area (Å²) >= 11 is 0. The molecular formula is C19H20N4O3S. The minimum absolute atomic E-state index is 0.232. The average Bonchev–Trinajstić information content (AvgIpc) is 2.91. The maximum atomic E-state index is 12.7. The smallest absolute Gasteiger partial charge is 0.279 e. The third-order valence-corrected chi connectivity index (χ3v) is 6.38. The van der Waals surface area contributed by atoms with Crippen LogP contribution in [0.25, 0.3) is 11.1 Å². The van der Waals surface area contributed by atoms with Crippen LogP contribution in [0.4, 0.5) is 0 Å². The van der Waals surface area contributed by atoms with E-state index >= 15 is 0 Å². The summed E-state index contributed by atoms with van der Waals surface area (Å²) in [4.78, 5) is 11.9. The molecule has 2 N–H and O–H groups in total. The first-order chi connectivity index (χ1) is 13.0. The Kier molecular flexibility index (Phi) is 4.67. The molecule has 2 aromatic carbocycles. The van der Waals surface area contributed by atoms with Crippen LogP contribution < -0.4 is 10.4 Å². The van der Waals surface area contributed by atoms with E-state index in [4.69, 9.17) is 0 Å². The Morgan fingerprint density at radius 3 is 2.44 bits per heavy atom. The molecule has 1 atom stereocenters. The zero-order chi connectivity index (χ0) is 18.9. The number of rotatable bonds is 4. The van der Waals surface area contributed by atoms with Gasteiger partial charge in [0, 0.05) is 19.0 Å². The lowest BCUT2D eigenvalue weighted by atomic mass is 10.1. The summed E-state index contributed by atoms with van der Waals surface area (Å²) < 4.78 is 29.8. The number of aryl methyl sites for hydroxylation is 1. The van der Waals surface area contributed by atoms with Crippen LogP contribution in [-0.4, -0.2) is 29.2 Å². The van der Waals surface area contributed by atoms with Crippen molar-refractivity contribution < 1.29 is 8.42 Å². The van der Waals surface area contributed by atoms with Crippen LogP contribution in [-0.2, 0) is 23.0 Å². The summed E-state index contributed by atoms with van der Waals surface area (Å²) in [5.74, 6) is 0.675. The molecule has 0 bridgehead atoms. The van der Waals surface area contributed by atoms with Crippen LogP contribution >= 0.6 is 0 Å². The predicted molar refractivity (Wildman–Crippen MR) is 102 cm³/mol. The molecule has 1 aliphatic heterocycles. The highest BCUT2D eigenvalue weighted by atomic mass is 32.2. The monoisotopic (exact) mass is 384 g/mol. The van der Waals surface area contributed by atoms with Crippen molar-refractivity contribution in [1.82, 2.24) is 19.5 Å². The second kappa shape index (κ2) is 7.13. The van der Waals surface area contributed by atoms with Crippen molar-refractivity contribution in [3.8, 4) is 11.1 Å². The first-order valence-electron chi connectivity index (χ1n) is 8.85. The maximum Gasteiger partial charge on any atom is 0.343 e. The Morgan fingerprint density at radius 1 is 1.00 bits per heavy atom. The number of hydrogen-bond donors (Lipinski definition) is 2. The number of sulfonamides is 1. The number of aromatic amines is 1. The molecular weight excluding hydrogens is 364 g/mol. The number of fused-ring (bicyclic) bond motifs is 1. The maximum absolute atomic E-state index is 12.7. The minimum Gasteiger partial charge on any atom is -0.279 e. The van der Waals surface area contributed by atoms with Crippen LogP contribution in [0, 0.1) is 0 Å². The van der Waals surface area contributed by atoms with Crippen molar-refractivity contribution in [1.29, 1.82) is 0 Å². The minimum atomic E-state index is -3.62. The van der Waals surface area contributed by atoms with Crippen molar-refractivity contribution in [3.05, 3.63) is 70.9 Å². The van der Waals surface area contributed by atoms with Gasteiger partial charge in [-0.1, -0.05) is 42.5 Å². The van der Waals surface area contributed by atoms with E-state index in [1.807, 2.05) is 42.5 Å². The van der Waals surface area contributed by atoms with E-state index in [0.717, 1.165) is 11.1 Å². The Bertz CT molecular complexity index is 1090. The van der Waals surface area contributed by atoms with E-state index in [-0.39, 0.29) is 16.6 Å². The van der Waals surface area contributed by atoms with Gasteiger partial charge >= 0.3 is 5.69 Å². The fraction of sp³-hybridized carbons (Fsp3) is 0.263. The third-order valence-electron chi connectivity index (χ3n) is 4.85. The second-order valence-electron chi connectivity index (χ2n) is 6.63. The molecule has 0 radical (unpaired) electrons. The van der Waals surface area contributed by atoms with Gasteiger partial charge in [0.1, 0.15) is 5.82 Å². The fourth-order valence-corrected chi connectivity index (χ4v) is 4.67. The van der Waals surface area contributed by atoms with Crippen molar-refractivity contribution in [2.24, 2.45) is 0 Å². The summed E-state index contributed by atoms with van der Waals surface area (Å²) in [5, 5.41) is 6.43. The first-order valence-corrected chi connectivity index (χ1v) is 10.3. The molecule has 0 saturated heterocycles. The van der Waals surface area contributed by atoms with Gasteiger partial charge in [-0.2, -0.15) is 5.10 Å².